The molecule has 1 rings (SSSR count). The van der Waals surface area contributed by atoms with Gasteiger partial charge in [-0.1, -0.05) is 0 Å². The number of aromatic carboxylic acids is 1. The van der Waals surface area contributed by atoms with Crippen LogP contribution in [0.2, 0.25) is 0 Å². The number of carbonyl (C=O) groups excluding carboxylic acids is 1. The van der Waals surface area contributed by atoms with Gasteiger partial charge in [0.1, 0.15) is 18.4 Å². The fourth-order valence-corrected chi connectivity index (χ4v) is 1.11. The summed E-state index contributed by atoms with van der Waals surface area (Å²) in [5.41, 5.74) is -0.284. The monoisotopic (exact) mass is 229 g/mol. The zero-order chi connectivity index (χ0) is 12.3. The van der Waals surface area contributed by atoms with Gasteiger partial charge in [-0.3, -0.25) is 4.79 Å². The second-order valence-corrected chi connectivity index (χ2v) is 3.11. The molecule has 0 fully saturated rings. The number of aromatic hydroxyl groups is 1. The topological polar surface area (TPSA) is 120 Å². The van der Waals surface area contributed by atoms with E-state index in [0.29, 0.717) is 0 Å². The van der Waals surface area contributed by atoms with Gasteiger partial charge >= 0.3 is 11.9 Å². The van der Waals surface area contributed by atoms with E-state index in [9.17, 15) is 19.8 Å². The maximum Gasteiger partial charge on any atom is 0.352 e. The standard InChI is InChI=1S/C9H11NO6/c1-4(11)16-3-7(12)5-2-6(9(14)15)10-8(5)13/h2,7,10,12-13H,3H2,1H3,(H,14,15). The predicted molar refractivity (Wildman–Crippen MR) is 51.0 cm³/mol. The largest absolute Gasteiger partial charge is 0.494 e. The zero-order valence-corrected chi connectivity index (χ0v) is 8.43. The number of carboxylic acids is 1. The van der Waals surface area contributed by atoms with Crippen LogP contribution in [0, 0.1) is 0 Å². The molecule has 0 bridgehead atoms. The molecule has 0 radical (unpaired) electrons. The molecule has 0 saturated carbocycles. The summed E-state index contributed by atoms with van der Waals surface area (Å²) < 4.78 is 4.52. The highest BCUT2D eigenvalue weighted by Crippen LogP contribution is 2.25. The number of aromatic amines is 1. The molecule has 88 valence electrons. The van der Waals surface area contributed by atoms with E-state index in [4.69, 9.17) is 5.11 Å². The van der Waals surface area contributed by atoms with E-state index in [1.165, 1.54) is 6.92 Å². The highest BCUT2D eigenvalue weighted by Gasteiger charge is 2.19. The highest BCUT2D eigenvalue weighted by atomic mass is 16.5. The minimum absolute atomic E-state index is 0.0290. The summed E-state index contributed by atoms with van der Waals surface area (Å²) in [6.45, 7) is 0.826. The fraction of sp³-hybridized carbons (Fsp3) is 0.333. The smallest absolute Gasteiger partial charge is 0.352 e. The minimum Gasteiger partial charge on any atom is -0.494 e. The molecule has 1 atom stereocenters. The third kappa shape index (κ3) is 2.74. The molecule has 0 aliphatic heterocycles. The molecule has 1 aromatic heterocycles. The number of aliphatic hydroxyl groups excluding tert-OH is 1. The van der Waals surface area contributed by atoms with E-state index in [1.807, 2.05) is 0 Å². The molecule has 16 heavy (non-hydrogen) atoms. The van der Waals surface area contributed by atoms with Gasteiger partial charge in [-0.25, -0.2) is 4.79 Å². The molecule has 7 nitrogen and oxygen atoms in total. The molecular formula is C9H11NO6. The first-order chi connectivity index (χ1) is 7.41. The van der Waals surface area contributed by atoms with Crippen LogP contribution in [-0.2, 0) is 9.53 Å². The summed E-state index contributed by atoms with van der Waals surface area (Å²) in [7, 11) is 0. The molecule has 0 amide bonds. The maximum absolute atomic E-state index is 10.5. The van der Waals surface area contributed by atoms with Crippen LogP contribution in [0.4, 0.5) is 0 Å². The number of ether oxygens (including phenoxy) is 1. The summed E-state index contributed by atoms with van der Waals surface area (Å²) in [4.78, 5) is 23.2. The Bertz CT molecular complexity index is 410. The number of carboxylic acid groups (broad SMARTS) is 1. The molecule has 0 aliphatic carbocycles. The van der Waals surface area contributed by atoms with Crippen molar-refractivity contribution in [2.24, 2.45) is 0 Å². The number of hydrogen-bond acceptors (Lipinski definition) is 5. The number of aromatic nitrogens is 1. The Balaban J connectivity index is 2.78. The second-order valence-electron chi connectivity index (χ2n) is 3.11. The molecule has 4 N–H and O–H groups in total. The van der Waals surface area contributed by atoms with Crippen LogP contribution in [0.5, 0.6) is 5.88 Å². The van der Waals surface area contributed by atoms with Crippen LogP contribution in [0.3, 0.4) is 0 Å². The van der Waals surface area contributed by atoms with Crippen LogP contribution in [0.1, 0.15) is 29.1 Å². The Labute approximate surface area is 90.3 Å². The first kappa shape index (κ1) is 12.1. The summed E-state index contributed by atoms with van der Waals surface area (Å²) in [5, 5.41) is 27.4. The van der Waals surface area contributed by atoms with Crippen LogP contribution in [0.25, 0.3) is 0 Å². The van der Waals surface area contributed by atoms with Gasteiger partial charge in [-0.2, -0.15) is 0 Å². The summed E-state index contributed by atoms with van der Waals surface area (Å²) in [6.07, 6.45) is -1.27. The van der Waals surface area contributed by atoms with Crippen molar-refractivity contribution in [1.29, 1.82) is 0 Å². The number of nitrogens with one attached hydrogen (secondary N) is 1. The van der Waals surface area contributed by atoms with E-state index in [1.54, 1.807) is 0 Å². The van der Waals surface area contributed by atoms with Crippen molar-refractivity contribution in [2.45, 2.75) is 13.0 Å². The van der Waals surface area contributed by atoms with E-state index in [-0.39, 0.29) is 17.9 Å². The normalized spacial score (nSPS) is 12.1. The lowest BCUT2D eigenvalue weighted by molar-refractivity contribution is -0.144. The van der Waals surface area contributed by atoms with E-state index in [2.05, 4.69) is 9.72 Å². The Morgan fingerprint density at radius 2 is 2.19 bits per heavy atom. The van der Waals surface area contributed by atoms with Crippen LogP contribution in [0.15, 0.2) is 6.07 Å². The average molecular weight is 229 g/mol. The van der Waals surface area contributed by atoms with Crippen molar-refractivity contribution in [3.05, 3.63) is 17.3 Å². The van der Waals surface area contributed by atoms with Gasteiger partial charge in [-0.05, 0) is 6.07 Å². The fourth-order valence-electron chi connectivity index (χ4n) is 1.11. The zero-order valence-electron chi connectivity index (χ0n) is 8.43. The first-order valence-electron chi connectivity index (χ1n) is 4.38. The van der Waals surface area contributed by atoms with Crippen molar-refractivity contribution in [2.75, 3.05) is 6.61 Å². The van der Waals surface area contributed by atoms with Gasteiger partial charge in [-0.15, -0.1) is 0 Å². The number of carbonyl (C=O) groups is 2. The summed E-state index contributed by atoms with van der Waals surface area (Å²) >= 11 is 0. The quantitative estimate of drug-likeness (QED) is 0.540. The maximum atomic E-state index is 10.5. The molecule has 0 aliphatic rings. The first-order valence-corrected chi connectivity index (χ1v) is 4.38. The number of aliphatic hydroxyl groups is 1. The molecule has 0 saturated heterocycles. The Hall–Kier alpha value is -2.02. The lowest BCUT2D eigenvalue weighted by atomic mass is 10.2. The van der Waals surface area contributed by atoms with Crippen LogP contribution < -0.4 is 0 Å². The molecule has 0 aromatic carbocycles. The van der Waals surface area contributed by atoms with E-state index >= 15 is 0 Å². The van der Waals surface area contributed by atoms with Gasteiger partial charge < -0.3 is 25.0 Å². The summed E-state index contributed by atoms with van der Waals surface area (Å²) in [6, 6.07) is 1.08. The number of esters is 1. The lowest BCUT2D eigenvalue weighted by Crippen LogP contribution is -2.09. The van der Waals surface area contributed by atoms with Gasteiger partial charge in [0.15, 0.2) is 5.88 Å². The van der Waals surface area contributed by atoms with Crippen LogP contribution in [-0.4, -0.2) is 38.8 Å². The second kappa shape index (κ2) is 4.67. The third-order valence-electron chi connectivity index (χ3n) is 1.86. The average Bonchev–Trinajstić information content (AvgIpc) is 2.57. The highest BCUT2D eigenvalue weighted by molar-refractivity contribution is 5.86. The van der Waals surface area contributed by atoms with Gasteiger partial charge in [0.25, 0.3) is 0 Å². The van der Waals surface area contributed by atoms with Gasteiger partial charge in [0.2, 0.25) is 0 Å². The Morgan fingerprint density at radius 3 is 2.62 bits per heavy atom. The molecule has 7 heteroatoms. The van der Waals surface area contributed by atoms with Crippen molar-refractivity contribution in [1.82, 2.24) is 4.98 Å². The molecule has 0 spiro atoms. The van der Waals surface area contributed by atoms with Crippen LogP contribution >= 0.6 is 0 Å². The van der Waals surface area contributed by atoms with E-state index < -0.39 is 23.9 Å². The van der Waals surface area contributed by atoms with Crippen molar-refractivity contribution < 1.29 is 29.6 Å². The van der Waals surface area contributed by atoms with E-state index in [0.717, 1.165) is 6.07 Å². The third-order valence-corrected chi connectivity index (χ3v) is 1.86. The van der Waals surface area contributed by atoms with Crippen molar-refractivity contribution in [3.63, 3.8) is 0 Å². The molecule has 1 heterocycles. The Morgan fingerprint density at radius 1 is 1.56 bits per heavy atom. The predicted octanol–water partition coefficient (Wildman–Crippen LogP) is 0.0150. The SMILES string of the molecule is CC(=O)OCC(O)c1cc(C(=O)O)[nH]c1O. The molecule has 1 aromatic rings. The number of rotatable bonds is 4. The number of H-pyrrole nitrogens is 1. The van der Waals surface area contributed by atoms with Gasteiger partial charge in [0, 0.05) is 12.5 Å². The molecular weight excluding hydrogens is 218 g/mol. The van der Waals surface area contributed by atoms with Crippen molar-refractivity contribution in [3.8, 4) is 5.88 Å². The Kier molecular flexibility index (Phi) is 3.51. The van der Waals surface area contributed by atoms with Gasteiger partial charge in [0.05, 0.1) is 0 Å². The molecule has 1 unspecified atom stereocenters. The lowest BCUT2D eigenvalue weighted by Gasteiger charge is -2.08. The number of hydrogen-bond donors (Lipinski definition) is 4. The van der Waals surface area contributed by atoms with Crippen molar-refractivity contribution >= 4 is 11.9 Å². The minimum atomic E-state index is -1.27. The summed E-state index contributed by atoms with van der Waals surface area (Å²) in [5.74, 6) is -2.30.